The molecule has 0 aliphatic rings. The van der Waals surface area contributed by atoms with Crippen LogP contribution in [0.2, 0.25) is 0 Å². The molecule has 0 aliphatic carbocycles. The lowest BCUT2D eigenvalue weighted by atomic mass is 10.1. The van der Waals surface area contributed by atoms with Gasteiger partial charge in [-0.1, -0.05) is 44.2 Å². The number of rotatable bonds is 6. The van der Waals surface area contributed by atoms with E-state index in [1.54, 1.807) is 0 Å². The molecule has 0 spiro atoms. The Bertz CT molecular complexity index is 233. The van der Waals surface area contributed by atoms with Gasteiger partial charge < -0.3 is 0 Å². The van der Waals surface area contributed by atoms with Crippen LogP contribution in [-0.4, -0.2) is 6.54 Å². The fraction of sp³-hybridized carbons (Fsp3) is 0.500. The van der Waals surface area contributed by atoms with E-state index in [-0.39, 0.29) is 0 Å². The van der Waals surface area contributed by atoms with Gasteiger partial charge in [-0.05, 0) is 17.9 Å². The molecule has 14 heavy (non-hydrogen) atoms. The van der Waals surface area contributed by atoms with Gasteiger partial charge in [-0.15, -0.1) is 0 Å². The number of benzene rings is 1. The molecule has 0 bridgehead atoms. The molecule has 2 heteroatoms. The highest BCUT2D eigenvalue weighted by Crippen LogP contribution is 2.00. The van der Waals surface area contributed by atoms with Crippen molar-refractivity contribution in [3.63, 3.8) is 0 Å². The van der Waals surface area contributed by atoms with E-state index in [0.29, 0.717) is 6.61 Å². The molecule has 78 valence electrons. The zero-order valence-corrected chi connectivity index (χ0v) is 8.99. The average Bonchev–Trinajstić information content (AvgIpc) is 2.18. The molecule has 0 amide bonds. The van der Waals surface area contributed by atoms with Crippen molar-refractivity contribution >= 4 is 0 Å². The SMILES string of the molecule is CC(C)CCNOCc1ccccc1. The summed E-state index contributed by atoms with van der Waals surface area (Å²) in [7, 11) is 0. The second kappa shape index (κ2) is 6.57. The van der Waals surface area contributed by atoms with Crippen molar-refractivity contribution in [3.8, 4) is 0 Å². The summed E-state index contributed by atoms with van der Waals surface area (Å²) in [5.74, 6) is 0.725. The van der Waals surface area contributed by atoms with E-state index in [0.717, 1.165) is 18.9 Å². The Hall–Kier alpha value is -0.860. The minimum absolute atomic E-state index is 0.638. The highest BCUT2D eigenvalue weighted by Gasteiger charge is 1.94. The van der Waals surface area contributed by atoms with Crippen LogP contribution in [0.15, 0.2) is 30.3 Å². The zero-order valence-electron chi connectivity index (χ0n) is 8.99. The molecule has 1 N–H and O–H groups in total. The van der Waals surface area contributed by atoms with Crippen molar-refractivity contribution in [2.75, 3.05) is 6.54 Å². The Labute approximate surface area is 86.2 Å². The lowest BCUT2D eigenvalue weighted by Crippen LogP contribution is -2.17. The number of hydroxylamine groups is 1. The fourth-order valence-corrected chi connectivity index (χ4v) is 1.13. The first-order chi connectivity index (χ1) is 6.79. The first-order valence-corrected chi connectivity index (χ1v) is 5.17. The highest BCUT2D eigenvalue weighted by molar-refractivity contribution is 5.13. The summed E-state index contributed by atoms with van der Waals surface area (Å²) in [6, 6.07) is 10.2. The molecule has 1 aromatic rings. The van der Waals surface area contributed by atoms with E-state index >= 15 is 0 Å². The average molecular weight is 193 g/mol. The predicted octanol–water partition coefficient (Wildman–Crippen LogP) is 2.75. The van der Waals surface area contributed by atoms with E-state index in [2.05, 4.69) is 31.5 Å². The molecule has 2 nitrogen and oxygen atoms in total. The molecule has 0 saturated carbocycles. The van der Waals surface area contributed by atoms with E-state index < -0.39 is 0 Å². The molecular weight excluding hydrogens is 174 g/mol. The van der Waals surface area contributed by atoms with Crippen molar-refractivity contribution in [3.05, 3.63) is 35.9 Å². The third-order valence-electron chi connectivity index (χ3n) is 2.01. The van der Waals surface area contributed by atoms with Crippen LogP contribution >= 0.6 is 0 Å². The number of hydrogen-bond acceptors (Lipinski definition) is 2. The van der Waals surface area contributed by atoms with Gasteiger partial charge in [0.05, 0.1) is 6.61 Å². The normalized spacial score (nSPS) is 10.8. The fourth-order valence-electron chi connectivity index (χ4n) is 1.13. The lowest BCUT2D eigenvalue weighted by molar-refractivity contribution is 0.0258. The standard InChI is InChI=1S/C12H19NO/c1-11(2)8-9-13-14-10-12-6-4-3-5-7-12/h3-7,11,13H,8-10H2,1-2H3. The Morgan fingerprint density at radius 2 is 1.93 bits per heavy atom. The maximum absolute atomic E-state index is 5.32. The van der Waals surface area contributed by atoms with Crippen molar-refractivity contribution in [1.29, 1.82) is 0 Å². The van der Waals surface area contributed by atoms with Gasteiger partial charge in [-0.25, -0.2) is 5.48 Å². The molecule has 0 unspecified atom stereocenters. The number of hydrogen-bond donors (Lipinski definition) is 1. The summed E-state index contributed by atoms with van der Waals surface area (Å²) >= 11 is 0. The summed E-state index contributed by atoms with van der Waals surface area (Å²) < 4.78 is 0. The molecule has 0 fully saturated rings. The topological polar surface area (TPSA) is 21.3 Å². The van der Waals surface area contributed by atoms with Crippen LogP contribution in [0.5, 0.6) is 0 Å². The summed E-state index contributed by atoms with van der Waals surface area (Å²) in [5, 5.41) is 0. The molecule has 0 heterocycles. The minimum atomic E-state index is 0.638. The second-order valence-corrected chi connectivity index (χ2v) is 3.85. The summed E-state index contributed by atoms with van der Waals surface area (Å²) in [5.41, 5.74) is 4.16. The van der Waals surface area contributed by atoms with E-state index in [1.807, 2.05) is 18.2 Å². The molecule has 0 aliphatic heterocycles. The Morgan fingerprint density at radius 1 is 1.21 bits per heavy atom. The summed E-state index contributed by atoms with van der Waals surface area (Å²) in [4.78, 5) is 5.32. The van der Waals surface area contributed by atoms with Crippen molar-refractivity contribution < 1.29 is 4.84 Å². The molecule has 0 radical (unpaired) electrons. The lowest BCUT2D eigenvalue weighted by Gasteiger charge is -2.07. The molecule has 1 rings (SSSR count). The third-order valence-corrected chi connectivity index (χ3v) is 2.01. The Kier molecular flexibility index (Phi) is 5.27. The van der Waals surface area contributed by atoms with Crippen LogP contribution in [0, 0.1) is 5.92 Å². The summed E-state index contributed by atoms with van der Waals surface area (Å²) in [6.45, 7) is 5.97. The van der Waals surface area contributed by atoms with Gasteiger partial charge in [-0.2, -0.15) is 0 Å². The third kappa shape index (κ3) is 5.00. The van der Waals surface area contributed by atoms with Crippen LogP contribution in [0.1, 0.15) is 25.8 Å². The summed E-state index contributed by atoms with van der Waals surface area (Å²) in [6.07, 6.45) is 1.15. The van der Waals surface area contributed by atoms with Crippen LogP contribution < -0.4 is 5.48 Å². The van der Waals surface area contributed by atoms with Gasteiger partial charge in [0.15, 0.2) is 0 Å². The van der Waals surface area contributed by atoms with Crippen LogP contribution in [-0.2, 0) is 11.4 Å². The quantitative estimate of drug-likeness (QED) is 0.554. The van der Waals surface area contributed by atoms with Crippen molar-refractivity contribution in [2.45, 2.75) is 26.9 Å². The van der Waals surface area contributed by atoms with Gasteiger partial charge in [0, 0.05) is 6.54 Å². The van der Waals surface area contributed by atoms with E-state index in [4.69, 9.17) is 4.84 Å². The van der Waals surface area contributed by atoms with E-state index in [1.165, 1.54) is 5.56 Å². The Balaban J connectivity index is 2.05. The largest absolute Gasteiger partial charge is 0.297 e. The van der Waals surface area contributed by atoms with Gasteiger partial charge in [0.25, 0.3) is 0 Å². The van der Waals surface area contributed by atoms with Gasteiger partial charge in [0.2, 0.25) is 0 Å². The number of nitrogens with one attached hydrogen (secondary N) is 1. The Morgan fingerprint density at radius 3 is 2.57 bits per heavy atom. The van der Waals surface area contributed by atoms with Gasteiger partial charge >= 0.3 is 0 Å². The van der Waals surface area contributed by atoms with Crippen molar-refractivity contribution in [2.24, 2.45) is 5.92 Å². The maximum Gasteiger partial charge on any atom is 0.0933 e. The first-order valence-electron chi connectivity index (χ1n) is 5.17. The van der Waals surface area contributed by atoms with Crippen LogP contribution in [0.25, 0.3) is 0 Å². The molecule has 1 aromatic carbocycles. The molecule has 0 aromatic heterocycles. The maximum atomic E-state index is 5.32. The minimum Gasteiger partial charge on any atom is -0.297 e. The monoisotopic (exact) mass is 193 g/mol. The molecule has 0 saturated heterocycles. The van der Waals surface area contributed by atoms with Gasteiger partial charge in [-0.3, -0.25) is 4.84 Å². The molecular formula is C12H19NO. The smallest absolute Gasteiger partial charge is 0.0933 e. The van der Waals surface area contributed by atoms with Gasteiger partial charge in [0.1, 0.15) is 0 Å². The molecule has 0 atom stereocenters. The zero-order chi connectivity index (χ0) is 10.2. The van der Waals surface area contributed by atoms with Crippen LogP contribution in [0.3, 0.4) is 0 Å². The first kappa shape index (κ1) is 11.2. The predicted molar refractivity (Wildman–Crippen MR) is 58.7 cm³/mol. The van der Waals surface area contributed by atoms with Crippen molar-refractivity contribution in [1.82, 2.24) is 5.48 Å². The second-order valence-electron chi connectivity index (χ2n) is 3.85. The van der Waals surface area contributed by atoms with E-state index in [9.17, 15) is 0 Å². The van der Waals surface area contributed by atoms with Crippen LogP contribution in [0.4, 0.5) is 0 Å². The highest BCUT2D eigenvalue weighted by atomic mass is 16.6.